The molecule has 0 saturated heterocycles. The molecule has 0 saturated carbocycles. The molecular formula is C8H19NO5S2. The van der Waals surface area contributed by atoms with Crippen LogP contribution in [0.3, 0.4) is 0 Å². The molecule has 0 spiro atoms. The van der Waals surface area contributed by atoms with Gasteiger partial charge in [-0.2, -0.15) is 0 Å². The Labute approximate surface area is 97.0 Å². The van der Waals surface area contributed by atoms with Crippen molar-refractivity contribution in [2.45, 2.75) is 25.9 Å². The van der Waals surface area contributed by atoms with E-state index in [1.165, 1.54) is 0 Å². The van der Waals surface area contributed by atoms with Crippen LogP contribution in [0.25, 0.3) is 0 Å². The van der Waals surface area contributed by atoms with Crippen molar-refractivity contribution in [1.82, 2.24) is 4.72 Å². The maximum atomic E-state index is 11.3. The van der Waals surface area contributed by atoms with E-state index in [1.807, 2.05) is 6.92 Å². The van der Waals surface area contributed by atoms with Gasteiger partial charge in [0.25, 0.3) is 0 Å². The summed E-state index contributed by atoms with van der Waals surface area (Å²) in [5.74, 6) is -0.878. The predicted octanol–water partition coefficient (Wildman–Crippen LogP) is -0.889. The molecule has 0 rings (SSSR count). The molecule has 98 valence electrons. The van der Waals surface area contributed by atoms with Crippen molar-refractivity contribution in [1.29, 1.82) is 0 Å². The molecule has 0 aliphatic carbocycles. The molecule has 0 amide bonds. The Morgan fingerprint density at radius 1 is 1.19 bits per heavy atom. The number of sulfonamides is 1. The number of hydrogen-bond acceptors (Lipinski definition) is 5. The van der Waals surface area contributed by atoms with E-state index in [2.05, 4.69) is 4.72 Å². The van der Waals surface area contributed by atoms with E-state index in [0.29, 0.717) is 6.42 Å². The zero-order valence-electron chi connectivity index (χ0n) is 9.51. The lowest BCUT2D eigenvalue weighted by atomic mass is 10.2. The van der Waals surface area contributed by atoms with Gasteiger partial charge in [0.2, 0.25) is 10.0 Å². The van der Waals surface area contributed by atoms with E-state index in [-0.39, 0.29) is 6.54 Å². The maximum Gasteiger partial charge on any atom is 0.212 e. The first-order chi connectivity index (χ1) is 7.16. The monoisotopic (exact) mass is 273 g/mol. The molecule has 6 nitrogen and oxygen atoms in total. The Balaban J connectivity index is 4.07. The Morgan fingerprint density at radius 3 is 2.19 bits per heavy atom. The van der Waals surface area contributed by atoms with Crippen LogP contribution in [-0.4, -0.2) is 52.4 Å². The molecule has 0 bridgehead atoms. The van der Waals surface area contributed by atoms with Crippen LogP contribution >= 0.6 is 0 Å². The quantitative estimate of drug-likeness (QED) is 0.597. The highest BCUT2D eigenvalue weighted by atomic mass is 32.2. The normalized spacial score (nSPS) is 14.9. The first kappa shape index (κ1) is 15.8. The minimum absolute atomic E-state index is 0.0695. The van der Waals surface area contributed by atoms with Crippen LogP contribution in [0.2, 0.25) is 0 Å². The summed E-state index contributed by atoms with van der Waals surface area (Å²) in [4.78, 5) is 0. The number of rotatable bonds is 8. The van der Waals surface area contributed by atoms with E-state index < -0.39 is 37.5 Å². The lowest BCUT2D eigenvalue weighted by Crippen LogP contribution is -2.35. The summed E-state index contributed by atoms with van der Waals surface area (Å²) in [6, 6.07) is 0. The zero-order chi connectivity index (χ0) is 12.8. The SMILES string of the molecule is CCCC(O)CNS(=O)(=O)CCS(C)(=O)=O. The number of nitrogens with one attached hydrogen (secondary N) is 1. The summed E-state index contributed by atoms with van der Waals surface area (Å²) >= 11 is 0. The second-order valence-corrected chi connectivity index (χ2v) is 7.93. The van der Waals surface area contributed by atoms with Gasteiger partial charge < -0.3 is 5.11 Å². The molecule has 1 atom stereocenters. The van der Waals surface area contributed by atoms with E-state index in [0.717, 1.165) is 12.7 Å². The van der Waals surface area contributed by atoms with Crippen molar-refractivity contribution in [2.75, 3.05) is 24.3 Å². The van der Waals surface area contributed by atoms with Gasteiger partial charge in [0.05, 0.1) is 17.6 Å². The molecule has 2 N–H and O–H groups in total. The predicted molar refractivity (Wildman–Crippen MR) is 62.4 cm³/mol. The van der Waals surface area contributed by atoms with Crippen LogP contribution in [-0.2, 0) is 19.9 Å². The summed E-state index contributed by atoms with van der Waals surface area (Å²) in [7, 11) is -6.91. The second-order valence-electron chi connectivity index (χ2n) is 3.74. The third-order valence-corrected chi connectivity index (χ3v) is 4.44. The summed E-state index contributed by atoms with van der Waals surface area (Å²) < 4.78 is 46.3. The molecule has 0 heterocycles. The van der Waals surface area contributed by atoms with Crippen molar-refractivity contribution < 1.29 is 21.9 Å². The fraction of sp³-hybridized carbons (Fsp3) is 1.00. The van der Waals surface area contributed by atoms with Crippen molar-refractivity contribution in [3.63, 3.8) is 0 Å². The van der Waals surface area contributed by atoms with Gasteiger partial charge in [-0.1, -0.05) is 13.3 Å². The number of aliphatic hydroxyl groups is 1. The molecule has 0 aliphatic rings. The van der Waals surface area contributed by atoms with E-state index in [1.54, 1.807) is 0 Å². The van der Waals surface area contributed by atoms with E-state index >= 15 is 0 Å². The van der Waals surface area contributed by atoms with Gasteiger partial charge in [0, 0.05) is 12.8 Å². The topological polar surface area (TPSA) is 101 Å². The van der Waals surface area contributed by atoms with Gasteiger partial charge in [0.1, 0.15) is 9.84 Å². The average Bonchev–Trinajstić information content (AvgIpc) is 2.12. The van der Waals surface area contributed by atoms with Crippen molar-refractivity contribution >= 4 is 19.9 Å². The molecule has 0 fully saturated rings. The molecule has 8 heteroatoms. The summed E-state index contributed by atoms with van der Waals surface area (Å²) in [6.07, 6.45) is 1.52. The Morgan fingerprint density at radius 2 is 1.75 bits per heavy atom. The van der Waals surface area contributed by atoms with E-state index in [4.69, 9.17) is 0 Å². The zero-order valence-corrected chi connectivity index (χ0v) is 11.1. The van der Waals surface area contributed by atoms with Gasteiger partial charge >= 0.3 is 0 Å². The lowest BCUT2D eigenvalue weighted by molar-refractivity contribution is 0.167. The van der Waals surface area contributed by atoms with Gasteiger partial charge in [-0.15, -0.1) is 0 Å². The smallest absolute Gasteiger partial charge is 0.212 e. The highest BCUT2D eigenvalue weighted by molar-refractivity contribution is 7.93. The van der Waals surface area contributed by atoms with Crippen LogP contribution in [0.4, 0.5) is 0 Å². The second kappa shape index (κ2) is 6.53. The van der Waals surface area contributed by atoms with Gasteiger partial charge in [-0.25, -0.2) is 21.6 Å². The van der Waals surface area contributed by atoms with E-state index in [9.17, 15) is 21.9 Å². The molecule has 0 aromatic rings. The van der Waals surface area contributed by atoms with Gasteiger partial charge in [-0.3, -0.25) is 0 Å². The van der Waals surface area contributed by atoms with Crippen LogP contribution in [0.5, 0.6) is 0 Å². The maximum absolute atomic E-state index is 11.3. The van der Waals surface area contributed by atoms with Gasteiger partial charge in [-0.05, 0) is 6.42 Å². The fourth-order valence-corrected chi connectivity index (χ4v) is 3.67. The standard InChI is InChI=1S/C8H19NO5S2/c1-3-4-8(10)7-9-16(13,14)6-5-15(2,11)12/h8-10H,3-7H2,1-2H3. The van der Waals surface area contributed by atoms with Gasteiger partial charge in [0.15, 0.2) is 0 Å². The molecule has 0 aromatic heterocycles. The highest BCUT2D eigenvalue weighted by Gasteiger charge is 2.15. The third-order valence-electron chi connectivity index (χ3n) is 1.88. The largest absolute Gasteiger partial charge is 0.392 e. The van der Waals surface area contributed by atoms with Crippen molar-refractivity contribution in [2.24, 2.45) is 0 Å². The Bertz CT molecular complexity index is 387. The van der Waals surface area contributed by atoms with Crippen molar-refractivity contribution in [3.05, 3.63) is 0 Å². The Kier molecular flexibility index (Phi) is 6.46. The Hall–Kier alpha value is -0.180. The number of sulfone groups is 1. The first-order valence-corrected chi connectivity index (χ1v) is 8.70. The molecule has 1 unspecified atom stereocenters. The minimum atomic E-state index is -3.62. The fourth-order valence-electron chi connectivity index (χ4n) is 0.992. The van der Waals surface area contributed by atoms with Crippen LogP contribution < -0.4 is 4.72 Å². The summed E-state index contributed by atoms with van der Waals surface area (Å²) in [5, 5.41) is 9.30. The van der Waals surface area contributed by atoms with Crippen molar-refractivity contribution in [3.8, 4) is 0 Å². The van der Waals surface area contributed by atoms with Crippen LogP contribution in [0.15, 0.2) is 0 Å². The molecular weight excluding hydrogens is 254 g/mol. The number of aliphatic hydroxyl groups excluding tert-OH is 1. The average molecular weight is 273 g/mol. The number of hydrogen-bond donors (Lipinski definition) is 2. The molecule has 0 aliphatic heterocycles. The molecule has 16 heavy (non-hydrogen) atoms. The van der Waals surface area contributed by atoms with Crippen LogP contribution in [0, 0.1) is 0 Å². The first-order valence-electron chi connectivity index (χ1n) is 4.99. The molecule has 0 aromatic carbocycles. The lowest BCUT2D eigenvalue weighted by Gasteiger charge is -2.10. The molecule has 0 radical (unpaired) electrons. The highest BCUT2D eigenvalue weighted by Crippen LogP contribution is 1.96. The third kappa shape index (κ3) is 9.08. The summed E-state index contributed by atoms with van der Waals surface area (Å²) in [5.41, 5.74) is 0. The summed E-state index contributed by atoms with van der Waals surface area (Å²) in [6.45, 7) is 1.81. The minimum Gasteiger partial charge on any atom is -0.392 e. The van der Waals surface area contributed by atoms with Crippen LogP contribution in [0.1, 0.15) is 19.8 Å².